The summed E-state index contributed by atoms with van der Waals surface area (Å²) in [5.74, 6) is 0.0663. The molecule has 1 heterocycles. The SMILES string of the molecule is O=C1CCC(c2ccc(Cl)cc2)=NN1Cc1ccccc1. The van der Waals surface area contributed by atoms with E-state index in [0.717, 1.165) is 16.8 Å². The van der Waals surface area contributed by atoms with Crippen LogP contribution >= 0.6 is 11.6 Å². The number of amides is 1. The molecule has 1 aliphatic heterocycles. The second-order valence-electron chi connectivity index (χ2n) is 4.99. The molecule has 21 heavy (non-hydrogen) atoms. The molecule has 0 aromatic heterocycles. The van der Waals surface area contributed by atoms with Crippen LogP contribution in [0.25, 0.3) is 0 Å². The van der Waals surface area contributed by atoms with Crippen LogP contribution in [-0.4, -0.2) is 16.6 Å². The molecule has 2 aromatic rings. The average molecular weight is 299 g/mol. The zero-order valence-corrected chi connectivity index (χ0v) is 12.3. The highest BCUT2D eigenvalue weighted by Gasteiger charge is 2.21. The number of hydrogen-bond donors (Lipinski definition) is 0. The molecule has 0 saturated heterocycles. The van der Waals surface area contributed by atoms with Crippen LogP contribution in [0.5, 0.6) is 0 Å². The molecule has 1 aliphatic rings. The standard InChI is InChI=1S/C17H15ClN2O/c18-15-8-6-14(7-9-15)16-10-11-17(21)20(19-16)12-13-4-2-1-3-5-13/h1-9H,10-12H2. The summed E-state index contributed by atoms with van der Waals surface area (Å²) in [4.78, 5) is 12.0. The first-order chi connectivity index (χ1) is 10.2. The summed E-state index contributed by atoms with van der Waals surface area (Å²) < 4.78 is 0. The van der Waals surface area contributed by atoms with E-state index in [9.17, 15) is 4.79 Å². The predicted octanol–water partition coefficient (Wildman–Crippen LogP) is 3.87. The van der Waals surface area contributed by atoms with Gasteiger partial charge in [-0.25, -0.2) is 5.01 Å². The van der Waals surface area contributed by atoms with Gasteiger partial charge in [0.25, 0.3) is 0 Å². The lowest BCUT2D eigenvalue weighted by atomic mass is 10.0. The Bertz CT molecular complexity index is 665. The van der Waals surface area contributed by atoms with Crippen LogP contribution in [0.1, 0.15) is 24.0 Å². The predicted molar refractivity (Wildman–Crippen MR) is 84.2 cm³/mol. The monoisotopic (exact) mass is 298 g/mol. The zero-order valence-electron chi connectivity index (χ0n) is 11.5. The van der Waals surface area contributed by atoms with Gasteiger partial charge in [-0.15, -0.1) is 0 Å². The maximum absolute atomic E-state index is 12.0. The molecule has 0 radical (unpaired) electrons. The largest absolute Gasteiger partial charge is 0.273 e. The first-order valence-corrected chi connectivity index (χ1v) is 7.28. The Labute approximate surface area is 128 Å². The highest BCUT2D eigenvalue weighted by atomic mass is 35.5. The van der Waals surface area contributed by atoms with Crippen LogP contribution in [0.4, 0.5) is 0 Å². The molecular formula is C17H15ClN2O. The summed E-state index contributed by atoms with van der Waals surface area (Å²) in [5.41, 5.74) is 3.03. The summed E-state index contributed by atoms with van der Waals surface area (Å²) in [6, 6.07) is 17.5. The third-order valence-corrected chi connectivity index (χ3v) is 3.71. The summed E-state index contributed by atoms with van der Waals surface area (Å²) in [6.07, 6.45) is 1.17. The lowest BCUT2D eigenvalue weighted by molar-refractivity contribution is -0.132. The molecule has 0 fully saturated rings. The number of halogens is 1. The summed E-state index contributed by atoms with van der Waals surface area (Å²) >= 11 is 5.91. The smallest absolute Gasteiger partial charge is 0.243 e. The number of rotatable bonds is 3. The Morgan fingerprint density at radius 2 is 1.71 bits per heavy atom. The number of hydrogen-bond acceptors (Lipinski definition) is 2. The maximum Gasteiger partial charge on any atom is 0.243 e. The highest BCUT2D eigenvalue weighted by Crippen LogP contribution is 2.19. The molecule has 0 spiro atoms. The summed E-state index contributed by atoms with van der Waals surface area (Å²) in [6.45, 7) is 0.511. The Kier molecular flexibility index (Phi) is 4.02. The maximum atomic E-state index is 12.0. The fourth-order valence-corrected chi connectivity index (χ4v) is 2.46. The van der Waals surface area contributed by atoms with Gasteiger partial charge in [0.15, 0.2) is 0 Å². The van der Waals surface area contributed by atoms with Crippen molar-refractivity contribution in [1.82, 2.24) is 5.01 Å². The molecule has 0 bridgehead atoms. The second-order valence-corrected chi connectivity index (χ2v) is 5.43. The van der Waals surface area contributed by atoms with Crippen molar-refractivity contribution in [2.24, 2.45) is 5.10 Å². The summed E-state index contributed by atoms with van der Waals surface area (Å²) in [5, 5.41) is 6.77. The highest BCUT2D eigenvalue weighted by molar-refractivity contribution is 6.30. The molecule has 0 saturated carbocycles. The van der Waals surface area contributed by atoms with Crippen LogP contribution in [0.2, 0.25) is 5.02 Å². The van der Waals surface area contributed by atoms with E-state index in [1.165, 1.54) is 0 Å². The number of benzene rings is 2. The van der Waals surface area contributed by atoms with Gasteiger partial charge < -0.3 is 0 Å². The van der Waals surface area contributed by atoms with Crippen LogP contribution in [0.3, 0.4) is 0 Å². The zero-order chi connectivity index (χ0) is 14.7. The quantitative estimate of drug-likeness (QED) is 0.846. The van der Waals surface area contributed by atoms with Crippen molar-refractivity contribution in [3.8, 4) is 0 Å². The number of hydrazone groups is 1. The minimum atomic E-state index is 0.0663. The van der Waals surface area contributed by atoms with E-state index in [4.69, 9.17) is 11.6 Å². The van der Waals surface area contributed by atoms with Gasteiger partial charge in [-0.3, -0.25) is 4.79 Å². The molecule has 4 heteroatoms. The van der Waals surface area contributed by atoms with Gasteiger partial charge in [-0.05, 0) is 23.3 Å². The van der Waals surface area contributed by atoms with E-state index in [-0.39, 0.29) is 5.91 Å². The van der Waals surface area contributed by atoms with E-state index in [1.54, 1.807) is 5.01 Å². The van der Waals surface area contributed by atoms with Crippen molar-refractivity contribution >= 4 is 23.2 Å². The van der Waals surface area contributed by atoms with Gasteiger partial charge in [0.1, 0.15) is 0 Å². The lowest BCUT2D eigenvalue weighted by Crippen LogP contribution is -2.31. The third-order valence-electron chi connectivity index (χ3n) is 3.46. The van der Waals surface area contributed by atoms with Gasteiger partial charge in [0.2, 0.25) is 5.91 Å². The van der Waals surface area contributed by atoms with E-state index < -0.39 is 0 Å². The molecule has 106 valence electrons. The van der Waals surface area contributed by atoms with Gasteiger partial charge in [0.05, 0.1) is 12.3 Å². The van der Waals surface area contributed by atoms with Crippen molar-refractivity contribution in [2.75, 3.05) is 0 Å². The first kappa shape index (κ1) is 13.8. The Morgan fingerprint density at radius 3 is 2.43 bits per heavy atom. The molecule has 0 aliphatic carbocycles. The van der Waals surface area contributed by atoms with Crippen LogP contribution in [0, 0.1) is 0 Å². The second kappa shape index (κ2) is 6.10. The Hall–Kier alpha value is -2.13. The molecule has 0 atom stereocenters. The lowest BCUT2D eigenvalue weighted by Gasteiger charge is -2.23. The van der Waals surface area contributed by atoms with Crippen molar-refractivity contribution in [1.29, 1.82) is 0 Å². The van der Waals surface area contributed by atoms with E-state index in [0.29, 0.717) is 24.4 Å². The third kappa shape index (κ3) is 3.31. The summed E-state index contributed by atoms with van der Waals surface area (Å²) in [7, 11) is 0. The van der Waals surface area contributed by atoms with Crippen molar-refractivity contribution in [3.05, 3.63) is 70.7 Å². The van der Waals surface area contributed by atoms with Crippen molar-refractivity contribution in [3.63, 3.8) is 0 Å². The van der Waals surface area contributed by atoms with E-state index in [2.05, 4.69) is 5.10 Å². The van der Waals surface area contributed by atoms with Gasteiger partial charge in [0, 0.05) is 17.9 Å². The number of carbonyl (C=O) groups is 1. The van der Waals surface area contributed by atoms with E-state index in [1.807, 2.05) is 54.6 Å². The normalized spacial score (nSPS) is 15.0. The molecule has 0 N–H and O–H groups in total. The van der Waals surface area contributed by atoms with Crippen molar-refractivity contribution < 1.29 is 4.79 Å². The molecule has 0 unspecified atom stereocenters. The Morgan fingerprint density at radius 1 is 1.00 bits per heavy atom. The topological polar surface area (TPSA) is 32.7 Å². The minimum Gasteiger partial charge on any atom is -0.273 e. The van der Waals surface area contributed by atoms with Crippen molar-refractivity contribution in [2.45, 2.75) is 19.4 Å². The van der Waals surface area contributed by atoms with Crippen LogP contribution < -0.4 is 0 Å². The van der Waals surface area contributed by atoms with Crippen LogP contribution in [0.15, 0.2) is 59.7 Å². The van der Waals surface area contributed by atoms with Gasteiger partial charge in [-0.2, -0.15) is 5.10 Å². The Balaban J connectivity index is 1.84. The van der Waals surface area contributed by atoms with E-state index >= 15 is 0 Å². The molecule has 3 rings (SSSR count). The number of carbonyl (C=O) groups excluding carboxylic acids is 1. The molecule has 3 nitrogen and oxygen atoms in total. The fourth-order valence-electron chi connectivity index (χ4n) is 2.33. The van der Waals surface area contributed by atoms with Gasteiger partial charge in [-0.1, -0.05) is 54.1 Å². The van der Waals surface area contributed by atoms with Gasteiger partial charge >= 0.3 is 0 Å². The average Bonchev–Trinajstić information content (AvgIpc) is 2.51. The molecule has 1 amide bonds. The fraction of sp³-hybridized carbons (Fsp3) is 0.176. The van der Waals surface area contributed by atoms with Crippen LogP contribution in [-0.2, 0) is 11.3 Å². The molecule has 2 aromatic carbocycles. The first-order valence-electron chi connectivity index (χ1n) is 6.90. The number of nitrogens with zero attached hydrogens (tertiary/aromatic N) is 2. The molecular weight excluding hydrogens is 284 g/mol. The minimum absolute atomic E-state index is 0.0663.